The van der Waals surface area contributed by atoms with Gasteiger partial charge in [-0.25, -0.2) is 0 Å². The predicted molar refractivity (Wildman–Crippen MR) is 90.3 cm³/mol. The van der Waals surface area contributed by atoms with Crippen LogP contribution in [0.25, 0.3) is 0 Å². The molecule has 0 radical (unpaired) electrons. The van der Waals surface area contributed by atoms with Gasteiger partial charge in [0.25, 0.3) is 0 Å². The normalized spacial score (nSPS) is 12.7. The third-order valence-electron chi connectivity index (χ3n) is 3.94. The first-order valence-corrected chi connectivity index (χ1v) is 8.22. The summed E-state index contributed by atoms with van der Waals surface area (Å²) in [6.07, 6.45) is -3.83. The monoisotopic (exact) mass is 370 g/mol. The van der Waals surface area contributed by atoms with E-state index in [9.17, 15) is 18.0 Å². The van der Waals surface area contributed by atoms with Crippen LogP contribution in [0.4, 0.5) is 18.9 Å². The highest BCUT2D eigenvalue weighted by Crippen LogP contribution is 2.36. The maximum atomic E-state index is 13.0. The average Bonchev–Trinajstić information content (AvgIpc) is 2.90. The molecule has 0 fully saturated rings. The Hall–Kier alpha value is -2.51. The van der Waals surface area contributed by atoms with Gasteiger partial charge in [-0.3, -0.25) is 4.79 Å². The largest absolute Gasteiger partial charge is 0.491 e. The zero-order valence-electron chi connectivity index (χ0n) is 15.0. The van der Waals surface area contributed by atoms with E-state index in [0.717, 1.165) is 12.1 Å². The topological polar surface area (TPSA) is 64.4 Å². The highest BCUT2D eigenvalue weighted by molar-refractivity contribution is 5.97. The van der Waals surface area contributed by atoms with Crippen molar-refractivity contribution in [2.75, 3.05) is 11.9 Å². The first-order valence-electron chi connectivity index (χ1n) is 8.22. The predicted octanol–water partition coefficient (Wildman–Crippen LogP) is 4.84. The van der Waals surface area contributed by atoms with Gasteiger partial charge in [0.1, 0.15) is 11.5 Å². The minimum atomic E-state index is -4.52. The second-order valence-corrected chi connectivity index (χ2v) is 6.01. The Morgan fingerprint density at radius 1 is 1.35 bits per heavy atom. The Kier molecular flexibility index (Phi) is 5.94. The SMILES string of the molecule is CCCOc1ccc(C(F)(F)F)cc1NC(=O)[C@@H](C)c1c(C)noc1C. The van der Waals surface area contributed by atoms with Gasteiger partial charge in [0.05, 0.1) is 29.5 Å². The third kappa shape index (κ3) is 4.36. The number of nitrogens with one attached hydrogen (secondary N) is 1. The van der Waals surface area contributed by atoms with E-state index in [0.29, 0.717) is 30.0 Å². The molecule has 1 aromatic heterocycles. The molecule has 0 aliphatic heterocycles. The molecule has 0 aliphatic carbocycles. The molecule has 1 N–H and O–H groups in total. The summed E-state index contributed by atoms with van der Waals surface area (Å²) in [5.74, 6) is -0.425. The molecule has 0 spiro atoms. The van der Waals surface area contributed by atoms with Gasteiger partial charge < -0.3 is 14.6 Å². The number of hydrogen-bond acceptors (Lipinski definition) is 4. The van der Waals surface area contributed by atoms with E-state index in [1.165, 1.54) is 6.07 Å². The molecule has 2 aromatic rings. The average molecular weight is 370 g/mol. The molecule has 1 amide bonds. The van der Waals surface area contributed by atoms with Gasteiger partial charge in [-0.1, -0.05) is 12.1 Å². The summed E-state index contributed by atoms with van der Waals surface area (Å²) in [4.78, 5) is 12.6. The third-order valence-corrected chi connectivity index (χ3v) is 3.94. The summed E-state index contributed by atoms with van der Waals surface area (Å²) in [5.41, 5.74) is 0.306. The molecule has 142 valence electrons. The number of aryl methyl sites for hydroxylation is 2. The maximum Gasteiger partial charge on any atom is 0.416 e. The zero-order valence-corrected chi connectivity index (χ0v) is 15.0. The molecule has 0 saturated carbocycles. The van der Waals surface area contributed by atoms with E-state index in [2.05, 4.69) is 10.5 Å². The van der Waals surface area contributed by atoms with Crippen LogP contribution in [0.5, 0.6) is 5.75 Å². The smallest absolute Gasteiger partial charge is 0.416 e. The van der Waals surface area contributed by atoms with Crippen LogP contribution >= 0.6 is 0 Å². The van der Waals surface area contributed by atoms with E-state index >= 15 is 0 Å². The second kappa shape index (κ2) is 7.80. The minimum absolute atomic E-state index is 0.0168. The molecule has 1 atom stereocenters. The fourth-order valence-electron chi connectivity index (χ4n) is 2.62. The van der Waals surface area contributed by atoms with Crippen LogP contribution in [0.2, 0.25) is 0 Å². The molecule has 1 heterocycles. The molecule has 8 heteroatoms. The molecule has 26 heavy (non-hydrogen) atoms. The van der Waals surface area contributed by atoms with Gasteiger partial charge in [0.15, 0.2) is 0 Å². The number of benzene rings is 1. The Bertz CT molecular complexity index is 765. The Morgan fingerprint density at radius 2 is 2.04 bits per heavy atom. The van der Waals surface area contributed by atoms with Gasteiger partial charge in [-0.2, -0.15) is 13.2 Å². The molecule has 0 saturated heterocycles. The number of anilines is 1. The van der Waals surface area contributed by atoms with Crippen molar-refractivity contribution in [1.29, 1.82) is 0 Å². The van der Waals surface area contributed by atoms with Crippen molar-refractivity contribution in [3.8, 4) is 5.75 Å². The Labute approximate surface area is 149 Å². The van der Waals surface area contributed by atoms with E-state index in [1.54, 1.807) is 20.8 Å². The van der Waals surface area contributed by atoms with Crippen molar-refractivity contribution in [3.05, 3.63) is 40.8 Å². The lowest BCUT2D eigenvalue weighted by atomic mass is 9.98. The van der Waals surface area contributed by atoms with Gasteiger partial charge in [-0.15, -0.1) is 0 Å². The number of ether oxygens (including phenoxy) is 1. The Balaban J connectivity index is 2.31. The number of carbonyl (C=O) groups excluding carboxylic acids is 1. The van der Waals surface area contributed by atoms with Crippen molar-refractivity contribution in [2.45, 2.75) is 46.2 Å². The second-order valence-electron chi connectivity index (χ2n) is 6.01. The number of rotatable bonds is 6. The lowest BCUT2D eigenvalue weighted by Crippen LogP contribution is -2.21. The van der Waals surface area contributed by atoms with Crippen LogP contribution < -0.4 is 10.1 Å². The van der Waals surface area contributed by atoms with Crippen molar-refractivity contribution in [1.82, 2.24) is 5.16 Å². The number of amides is 1. The number of halogens is 3. The van der Waals surface area contributed by atoms with Gasteiger partial charge in [0, 0.05) is 5.56 Å². The summed E-state index contributed by atoms with van der Waals surface area (Å²) in [5, 5.41) is 6.34. The summed E-state index contributed by atoms with van der Waals surface area (Å²) >= 11 is 0. The summed E-state index contributed by atoms with van der Waals surface area (Å²) in [6, 6.07) is 3.02. The highest BCUT2D eigenvalue weighted by Gasteiger charge is 2.32. The number of aromatic nitrogens is 1. The van der Waals surface area contributed by atoms with E-state index in [1.807, 2.05) is 6.92 Å². The van der Waals surface area contributed by atoms with E-state index in [-0.39, 0.29) is 11.4 Å². The summed E-state index contributed by atoms with van der Waals surface area (Å²) in [7, 11) is 0. The Morgan fingerprint density at radius 3 is 2.58 bits per heavy atom. The molecular weight excluding hydrogens is 349 g/mol. The van der Waals surface area contributed by atoms with Crippen molar-refractivity contribution in [3.63, 3.8) is 0 Å². The number of carbonyl (C=O) groups is 1. The van der Waals surface area contributed by atoms with Gasteiger partial charge in [-0.05, 0) is 45.4 Å². The van der Waals surface area contributed by atoms with Crippen LogP contribution in [-0.4, -0.2) is 17.7 Å². The molecule has 1 aromatic carbocycles. The molecule has 0 bridgehead atoms. The number of nitrogens with zero attached hydrogens (tertiary/aromatic N) is 1. The lowest BCUT2D eigenvalue weighted by Gasteiger charge is -2.17. The molecule has 0 unspecified atom stereocenters. The van der Waals surface area contributed by atoms with Gasteiger partial charge >= 0.3 is 6.18 Å². The first kappa shape index (κ1) is 19.8. The summed E-state index contributed by atoms with van der Waals surface area (Å²) in [6.45, 7) is 7.23. The number of alkyl halides is 3. The van der Waals surface area contributed by atoms with Crippen molar-refractivity contribution < 1.29 is 27.2 Å². The van der Waals surface area contributed by atoms with E-state index < -0.39 is 23.6 Å². The van der Waals surface area contributed by atoms with E-state index in [4.69, 9.17) is 9.26 Å². The van der Waals surface area contributed by atoms with Crippen molar-refractivity contribution in [2.24, 2.45) is 0 Å². The first-order chi connectivity index (χ1) is 12.1. The minimum Gasteiger partial charge on any atom is -0.491 e. The standard InChI is InChI=1S/C18H21F3N2O3/c1-5-8-25-15-7-6-13(18(19,20)21)9-14(15)22-17(24)10(2)16-11(3)23-26-12(16)4/h6-7,9-10H,5,8H2,1-4H3,(H,22,24)/t10-/m0/s1. The van der Waals surface area contributed by atoms with Crippen LogP contribution in [-0.2, 0) is 11.0 Å². The molecule has 5 nitrogen and oxygen atoms in total. The van der Waals surface area contributed by atoms with Crippen molar-refractivity contribution >= 4 is 11.6 Å². The van der Waals surface area contributed by atoms with Crippen LogP contribution in [0.15, 0.2) is 22.7 Å². The summed E-state index contributed by atoms with van der Waals surface area (Å²) < 4.78 is 49.5. The highest BCUT2D eigenvalue weighted by atomic mass is 19.4. The van der Waals surface area contributed by atoms with Crippen LogP contribution in [0, 0.1) is 13.8 Å². The molecule has 2 rings (SSSR count). The fraction of sp³-hybridized carbons (Fsp3) is 0.444. The van der Waals surface area contributed by atoms with Crippen LogP contribution in [0.3, 0.4) is 0 Å². The zero-order chi connectivity index (χ0) is 19.5. The molecular formula is C18H21F3N2O3. The van der Waals surface area contributed by atoms with Gasteiger partial charge in [0.2, 0.25) is 5.91 Å². The molecule has 0 aliphatic rings. The fourth-order valence-corrected chi connectivity index (χ4v) is 2.62. The lowest BCUT2D eigenvalue weighted by molar-refractivity contribution is -0.137. The quantitative estimate of drug-likeness (QED) is 0.790. The maximum absolute atomic E-state index is 13.0. The number of hydrogen-bond donors (Lipinski definition) is 1. The van der Waals surface area contributed by atoms with Crippen LogP contribution in [0.1, 0.15) is 48.8 Å².